The van der Waals surface area contributed by atoms with Crippen LogP contribution in [0, 0.1) is 33.1 Å². The standard InChI is InChI=1S/C27H30N6O2S/c1-16-10-17(2)12-21(11-16)32-18(3)13-20(19(32)4)14-22-25(28)33-27(29-26(22)35)36-23(30-33)15-24(34)31-8-6-5-7-9-31/h10-14,28H,5-9,15H2,1-4H3. The number of aliphatic imine (C=N–C) groups is 1. The minimum Gasteiger partial charge on any atom is -0.342 e. The monoisotopic (exact) mass is 502 g/mol. The van der Waals surface area contributed by atoms with Gasteiger partial charge in [0.05, 0.1) is 12.0 Å². The second kappa shape index (κ2) is 9.54. The number of aryl methyl sites for hydroxylation is 3. The van der Waals surface area contributed by atoms with Gasteiger partial charge < -0.3 is 9.47 Å². The first-order valence-corrected chi connectivity index (χ1v) is 13.1. The lowest BCUT2D eigenvalue weighted by Crippen LogP contribution is -2.36. The highest BCUT2D eigenvalue weighted by atomic mass is 32.2. The second-order valence-corrected chi connectivity index (χ2v) is 10.7. The number of piperidine rings is 1. The minimum absolute atomic E-state index is 0.0193. The van der Waals surface area contributed by atoms with Crippen molar-refractivity contribution in [3.8, 4) is 5.69 Å². The number of carbonyl (C=O) groups excluding carboxylic acids is 2. The molecule has 186 valence electrons. The number of thioether (sulfide) groups is 1. The Balaban J connectivity index is 1.41. The van der Waals surface area contributed by atoms with Gasteiger partial charge in [0.15, 0.2) is 5.84 Å². The van der Waals surface area contributed by atoms with Crippen LogP contribution >= 0.6 is 11.8 Å². The lowest BCUT2D eigenvalue weighted by Gasteiger charge is -2.26. The topological polar surface area (TPSA) is 94.1 Å². The first-order valence-electron chi connectivity index (χ1n) is 12.3. The molecule has 9 heteroatoms. The molecule has 1 aromatic heterocycles. The average Bonchev–Trinajstić information content (AvgIpc) is 3.35. The molecule has 1 saturated heterocycles. The van der Waals surface area contributed by atoms with E-state index in [4.69, 9.17) is 5.41 Å². The molecule has 5 rings (SSSR count). The number of likely N-dealkylation sites (tertiary alicyclic amines) is 1. The Hall–Kier alpha value is -3.46. The Bertz CT molecular complexity index is 1360. The number of benzene rings is 1. The summed E-state index contributed by atoms with van der Waals surface area (Å²) in [4.78, 5) is 31.7. The van der Waals surface area contributed by atoms with E-state index in [1.807, 2.05) is 24.8 Å². The Labute approximate surface area is 215 Å². The van der Waals surface area contributed by atoms with Gasteiger partial charge >= 0.3 is 0 Å². The first kappa shape index (κ1) is 24.2. The molecule has 1 aromatic carbocycles. The second-order valence-electron chi connectivity index (χ2n) is 9.64. The third-order valence-electron chi connectivity index (χ3n) is 6.74. The van der Waals surface area contributed by atoms with Gasteiger partial charge in [-0.1, -0.05) is 6.07 Å². The molecular weight excluding hydrogens is 472 g/mol. The molecule has 3 aliphatic rings. The van der Waals surface area contributed by atoms with Gasteiger partial charge in [-0.2, -0.15) is 15.1 Å². The SMILES string of the molecule is Cc1cc(C)cc(-n2c(C)cc(C=C3C(=N)N4N=C(CC(=O)N5CCCCC5)SC4=NC3=O)c2C)c1. The minimum atomic E-state index is -0.464. The molecule has 0 spiro atoms. The van der Waals surface area contributed by atoms with Crippen LogP contribution in [0.4, 0.5) is 0 Å². The molecule has 2 aromatic rings. The van der Waals surface area contributed by atoms with Crippen LogP contribution in [-0.2, 0) is 9.59 Å². The Kier molecular flexibility index (Phi) is 6.42. The third-order valence-corrected chi connectivity index (χ3v) is 7.65. The van der Waals surface area contributed by atoms with Crippen molar-refractivity contribution in [1.29, 1.82) is 5.41 Å². The zero-order chi connectivity index (χ0) is 25.6. The van der Waals surface area contributed by atoms with Crippen LogP contribution in [0.2, 0.25) is 0 Å². The highest BCUT2D eigenvalue weighted by Gasteiger charge is 2.36. The highest BCUT2D eigenvalue weighted by molar-refractivity contribution is 8.27. The predicted molar refractivity (Wildman–Crippen MR) is 145 cm³/mol. The van der Waals surface area contributed by atoms with E-state index in [1.165, 1.54) is 27.9 Å². The summed E-state index contributed by atoms with van der Waals surface area (Å²) in [5.41, 5.74) is 6.50. The van der Waals surface area contributed by atoms with Crippen molar-refractivity contribution in [2.45, 2.75) is 53.4 Å². The molecule has 36 heavy (non-hydrogen) atoms. The Morgan fingerprint density at radius 2 is 1.75 bits per heavy atom. The number of rotatable bonds is 4. The molecule has 1 N–H and O–H groups in total. The number of hydrogen-bond acceptors (Lipinski definition) is 5. The maximum absolute atomic E-state index is 12.9. The molecule has 1 fully saturated rings. The summed E-state index contributed by atoms with van der Waals surface area (Å²) in [6.45, 7) is 9.76. The van der Waals surface area contributed by atoms with Crippen molar-refractivity contribution in [2.75, 3.05) is 13.1 Å². The van der Waals surface area contributed by atoms with Crippen LogP contribution in [0.25, 0.3) is 11.8 Å². The van der Waals surface area contributed by atoms with Crippen LogP contribution in [0.3, 0.4) is 0 Å². The summed E-state index contributed by atoms with van der Waals surface area (Å²) in [6.07, 6.45) is 5.11. The van der Waals surface area contributed by atoms with Crippen LogP contribution < -0.4 is 0 Å². The van der Waals surface area contributed by atoms with E-state index in [0.717, 1.165) is 55.0 Å². The van der Waals surface area contributed by atoms with Gasteiger partial charge in [-0.15, -0.1) is 0 Å². The van der Waals surface area contributed by atoms with Gasteiger partial charge in [0.2, 0.25) is 11.1 Å². The molecular formula is C27H30N6O2S. The van der Waals surface area contributed by atoms with E-state index >= 15 is 0 Å². The fourth-order valence-corrected chi connectivity index (χ4v) is 5.93. The van der Waals surface area contributed by atoms with Crippen molar-refractivity contribution < 1.29 is 9.59 Å². The number of fused-ring (bicyclic) bond motifs is 1. The van der Waals surface area contributed by atoms with Crippen LogP contribution in [0.1, 0.15) is 53.8 Å². The van der Waals surface area contributed by atoms with Gasteiger partial charge in [-0.25, -0.2) is 0 Å². The molecule has 3 aliphatic heterocycles. The quantitative estimate of drug-likeness (QED) is 0.612. The molecule has 0 unspecified atom stereocenters. The zero-order valence-corrected chi connectivity index (χ0v) is 21.9. The number of hydrazone groups is 1. The fraction of sp³-hybridized carbons (Fsp3) is 0.370. The van der Waals surface area contributed by atoms with Gasteiger partial charge in [-0.05, 0) is 99.7 Å². The molecule has 4 heterocycles. The number of amides is 2. The molecule has 2 amide bonds. The summed E-state index contributed by atoms with van der Waals surface area (Å²) in [7, 11) is 0. The average molecular weight is 503 g/mol. The smallest absolute Gasteiger partial charge is 0.283 e. The number of hydrogen-bond donors (Lipinski definition) is 1. The van der Waals surface area contributed by atoms with Crippen molar-refractivity contribution >= 4 is 45.7 Å². The summed E-state index contributed by atoms with van der Waals surface area (Å²) >= 11 is 1.20. The lowest BCUT2D eigenvalue weighted by atomic mass is 10.1. The van der Waals surface area contributed by atoms with E-state index in [0.29, 0.717) is 10.2 Å². The summed E-state index contributed by atoms with van der Waals surface area (Å²) in [5, 5.41) is 15.5. The van der Waals surface area contributed by atoms with Crippen molar-refractivity contribution in [3.05, 3.63) is 57.9 Å². The van der Waals surface area contributed by atoms with Gasteiger partial charge in [0.1, 0.15) is 5.04 Å². The van der Waals surface area contributed by atoms with Crippen LogP contribution in [0.15, 0.2) is 39.9 Å². The Morgan fingerprint density at radius 1 is 1.06 bits per heavy atom. The van der Waals surface area contributed by atoms with Crippen molar-refractivity contribution in [1.82, 2.24) is 14.5 Å². The van der Waals surface area contributed by atoms with E-state index < -0.39 is 5.91 Å². The van der Waals surface area contributed by atoms with Gasteiger partial charge in [0.25, 0.3) is 5.91 Å². The van der Waals surface area contributed by atoms with Crippen molar-refractivity contribution in [2.24, 2.45) is 10.1 Å². The third kappa shape index (κ3) is 4.55. The molecule has 0 atom stereocenters. The van der Waals surface area contributed by atoms with E-state index in [2.05, 4.69) is 46.7 Å². The molecule has 0 bridgehead atoms. The fourth-order valence-electron chi connectivity index (χ4n) is 5.05. The van der Waals surface area contributed by atoms with Gasteiger partial charge in [0, 0.05) is 30.2 Å². The number of amidine groups is 2. The van der Waals surface area contributed by atoms with Crippen molar-refractivity contribution in [3.63, 3.8) is 0 Å². The molecule has 0 radical (unpaired) electrons. The zero-order valence-electron chi connectivity index (χ0n) is 21.1. The highest BCUT2D eigenvalue weighted by Crippen LogP contribution is 2.31. The first-order chi connectivity index (χ1) is 17.2. The maximum Gasteiger partial charge on any atom is 0.283 e. The van der Waals surface area contributed by atoms with Crippen LogP contribution in [-0.4, -0.2) is 55.4 Å². The van der Waals surface area contributed by atoms with Gasteiger partial charge in [-0.3, -0.25) is 15.0 Å². The van der Waals surface area contributed by atoms with E-state index in [-0.39, 0.29) is 23.7 Å². The molecule has 0 saturated carbocycles. The van der Waals surface area contributed by atoms with E-state index in [9.17, 15) is 9.59 Å². The number of aromatic nitrogens is 1. The largest absolute Gasteiger partial charge is 0.342 e. The number of nitrogens with zero attached hydrogens (tertiary/aromatic N) is 5. The predicted octanol–water partition coefficient (Wildman–Crippen LogP) is 4.73. The Morgan fingerprint density at radius 3 is 2.44 bits per heavy atom. The number of nitrogens with one attached hydrogen (secondary N) is 1. The summed E-state index contributed by atoms with van der Waals surface area (Å²) in [5.74, 6) is -0.447. The molecule has 0 aliphatic carbocycles. The normalized spacial score (nSPS) is 19.1. The summed E-state index contributed by atoms with van der Waals surface area (Å²) in [6, 6.07) is 8.43. The van der Waals surface area contributed by atoms with E-state index in [1.54, 1.807) is 6.08 Å². The molecule has 8 nitrogen and oxygen atoms in total. The van der Waals surface area contributed by atoms with Crippen LogP contribution in [0.5, 0.6) is 0 Å². The number of carbonyl (C=O) groups is 2. The summed E-state index contributed by atoms with van der Waals surface area (Å²) < 4.78 is 2.16. The maximum atomic E-state index is 12.9. The lowest BCUT2D eigenvalue weighted by molar-refractivity contribution is -0.130.